The third-order valence-corrected chi connectivity index (χ3v) is 1.92. The summed E-state index contributed by atoms with van der Waals surface area (Å²) in [5.41, 5.74) is -0.00989. The van der Waals surface area contributed by atoms with Crippen molar-refractivity contribution in [2.45, 2.75) is 40.0 Å². The van der Waals surface area contributed by atoms with Crippen molar-refractivity contribution in [3.05, 3.63) is 0 Å². The summed E-state index contributed by atoms with van der Waals surface area (Å²) in [4.78, 5) is 15.2. The minimum atomic E-state index is -0.535. The van der Waals surface area contributed by atoms with Crippen LogP contribution in [0.25, 0.3) is 0 Å². The Morgan fingerprint density at radius 3 is 2.71 bits per heavy atom. The maximum absolute atomic E-state index is 10.7. The van der Waals surface area contributed by atoms with Crippen LogP contribution in [0.2, 0.25) is 0 Å². The monoisotopic (exact) mass is 200 g/mol. The summed E-state index contributed by atoms with van der Waals surface area (Å²) in [6.45, 7) is 6.28. The average Bonchev–Trinajstić information content (AvgIpc) is 2.14. The number of hydrogen-bond donors (Lipinski definition) is 1. The second-order valence-electron chi connectivity index (χ2n) is 3.96. The van der Waals surface area contributed by atoms with Crippen LogP contribution < -0.4 is 5.32 Å². The Labute approximate surface area is 85.7 Å². The molecule has 0 aliphatic rings. The van der Waals surface area contributed by atoms with Gasteiger partial charge in [-0.3, -0.25) is 4.84 Å². The van der Waals surface area contributed by atoms with Crippen molar-refractivity contribution in [2.75, 3.05) is 7.05 Å². The van der Waals surface area contributed by atoms with E-state index < -0.39 is 6.09 Å². The number of hydrogen-bond acceptors (Lipinski definition) is 3. The lowest BCUT2D eigenvalue weighted by Gasteiger charge is -2.17. The predicted octanol–water partition coefficient (Wildman–Crippen LogP) is 2.54. The van der Waals surface area contributed by atoms with Crippen LogP contribution in [0.3, 0.4) is 0 Å². The van der Waals surface area contributed by atoms with Crippen LogP contribution in [-0.2, 0) is 4.84 Å². The normalized spacial score (nSPS) is 11.7. The quantitative estimate of drug-likeness (QED) is 0.421. The molecular formula is C10H20N2O2. The van der Waals surface area contributed by atoms with Gasteiger partial charge < -0.3 is 5.32 Å². The smallest absolute Gasteiger partial charge is 0.323 e. The topological polar surface area (TPSA) is 50.7 Å². The lowest BCUT2D eigenvalue weighted by atomic mass is 9.89. The van der Waals surface area contributed by atoms with Crippen LogP contribution in [0.5, 0.6) is 0 Å². The Morgan fingerprint density at radius 1 is 1.57 bits per heavy atom. The number of carbonyl (C=O) groups excluding carboxylic acids is 1. The lowest BCUT2D eigenvalue weighted by Crippen LogP contribution is -2.18. The Hall–Kier alpha value is -1.06. The Balaban J connectivity index is 3.88. The molecule has 0 spiro atoms. The highest BCUT2D eigenvalue weighted by Crippen LogP contribution is 2.20. The number of nitrogens with one attached hydrogen (secondary N) is 1. The Kier molecular flexibility index (Phi) is 5.92. The summed E-state index contributed by atoms with van der Waals surface area (Å²) in [6.07, 6.45) is 4.50. The first-order chi connectivity index (χ1) is 6.52. The highest BCUT2D eigenvalue weighted by atomic mass is 16.7. The fourth-order valence-electron chi connectivity index (χ4n) is 0.959. The zero-order valence-corrected chi connectivity index (χ0v) is 9.46. The average molecular weight is 200 g/mol. The van der Waals surface area contributed by atoms with E-state index in [2.05, 4.69) is 36.1 Å². The molecule has 0 radical (unpaired) electrons. The molecule has 0 rings (SSSR count). The number of amides is 1. The van der Waals surface area contributed by atoms with E-state index in [1.807, 2.05) is 0 Å². The van der Waals surface area contributed by atoms with Gasteiger partial charge in [0.2, 0.25) is 0 Å². The number of oxime groups is 1. The molecule has 1 amide bonds. The van der Waals surface area contributed by atoms with E-state index in [0.717, 1.165) is 19.3 Å². The highest BCUT2D eigenvalue weighted by Gasteiger charge is 2.14. The first-order valence-corrected chi connectivity index (χ1v) is 4.95. The molecule has 0 fully saturated rings. The summed E-state index contributed by atoms with van der Waals surface area (Å²) in [7, 11) is 1.50. The zero-order chi connectivity index (χ0) is 11.0. The molecule has 0 aliphatic heterocycles. The van der Waals surface area contributed by atoms with E-state index in [4.69, 9.17) is 0 Å². The first kappa shape index (κ1) is 12.9. The molecule has 82 valence electrons. The molecule has 0 aromatic rings. The molecule has 0 heterocycles. The summed E-state index contributed by atoms with van der Waals surface area (Å²) in [5.74, 6) is 0. The third kappa shape index (κ3) is 6.46. The van der Waals surface area contributed by atoms with Crippen LogP contribution in [0, 0.1) is 5.41 Å². The molecular weight excluding hydrogens is 180 g/mol. The molecule has 14 heavy (non-hydrogen) atoms. The van der Waals surface area contributed by atoms with E-state index in [-0.39, 0.29) is 5.41 Å². The number of unbranched alkanes of at least 4 members (excludes halogenated alkanes) is 1. The minimum Gasteiger partial charge on any atom is -0.323 e. The van der Waals surface area contributed by atoms with Crippen LogP contribution in [0.4, 0.5) is 4.79 Å². The van der Waals surface area contributed by atoms with Gasteiger partial charge in [0.25, 0.3) is 0 Å². The van der Waals surface area contributed by atoms with E-state index in [1.54, 1.807) is 6.21 Å². The van der Waals surface area contributed by atoms with Crippen molar-refractivity contribution in [2.24, 2.45) is 10.6 Å². The van der Waals surface area contributed by atoms with Gasteiger partial charge in [-0.2, -0.15) is 0 Å². The fourth-order valence-corrected chi connectivity index (χ4v) is 0.959. The van der Waals surface area contributed by atoms with Gasteiger partial charge in [-0.15, -0.1) is 0 Å². The van der Waals surface area contributed by atoms with Crippen molar-refractivity contribution in [1.82, 2.24) is 5.32 Å². The number of rotatable bonds is 5. The zero-order valence-electron chi connectivity index (χ0n) is 9.46. The van der Waals surface area contributed by atoms with Gasteiger partial charge in [-0.05, 0) is 6.42 Å². The Bertz CT molecular complexity index is 200. The predicted molar refractivity (Wildman–Crippen MR) is 57.3 cm³/mol. The van der Waals surface area contributed by atoms with Crippen LogP contribution in [0.15, 0.2) is 5.16 Å². The molecule has 0 saturated heterocycles. The van der Waals surface area contributed by atoms with Crippen LogP contribution in [-0.4, -0.2) is 19.4 Å². The van der Waals surface area contributed by atoms with Crippen LogP contribution >= 0.6 is 0 Å². The molecule has 0 atom stereocenters. The summed E-state index contributed by atoms with van der Waals surface area (Å²) < 4.78 is 0. The molecule has 0 aromatic heterocycles. The van der Waals surface area contributed by atoms with E-state index in [1.165, 1.54) is 7.05 Å². The van der Waals surface area contributed by atoms with Gasteiger partial charge in [-0.1, -0.05) is 38.8 Å². The minimum absolute atomic E-state index is 0.00989. The van der Waals surface area contributed by atoms with Crippen molar-refractivity contribution < 1.29 is 9.63 Å². The van der Waals surface area contributed by atoms with Crippen molar-refractivity contribution >= 4 is 12.3 Å². The van der Waals surface area contributed by atoms with Crippen LogP contribution in [0.1, 0.15) is 40.0 Å². The second kappa shape index (κ2) is 6.40. The van der Waals surface area contributed by atoms with Gasteiger partial charge in [0.1, 0.15) is 0 Å². The summed E-state index contributed by atoms with van der Waals surface area (Å²) in [5, 5.41) is 5.95. The third-order valence-electron chi connectivity index (χ3n) is 1.92. The molecule has 0 aliphatic carbocycles. The van der Waals surface area contributed by atoms with Crippen molar-refractivity contribution in [1.29, 1.82) is 0 Å². The van der Waals surface area contributed by atoms with E-state index >= 15 is 0 Å². The molecule has 0 saturated carbocycles. The van der Waals surface area contributed by atoms with Gasteiger partial charge in [0.15, 0.2) is 0 Å². The Morgan fingerprint density at radius 2 is 2.21 bits per heavy atom. The first-order valence-electron chi connectivity index (χ1n) is 4.95. The van der Waals surface area contributed by atoms with Crippen molar-refractivity contribution in [3.8, 4) is 0 Å². The molecule has 0 aromatic carbocycles. The van der Waals surface area contributed by atoms with Gasteiger partial charge >= 0.3 is 6.09 Å². The standard InChI is InChI=1S/C10H20N2O2/c1-5-6-7-10(2,3)8-12-14-9(13)11-4/h8H,5-7H2,1-4H3,(H,11,13)/b12-8+. The summed E-state index contributed by atoms with van der Waals surface area (Å²) >= 11 is 0. The largest absolute Gasteiger partial charge is 0.433 e. The van der Waals surface area contributed by atoms with E-state index in [9.17, 15) is 4.79 Å². The number of nitrogens with zero attached hydrogens (tertiary/aromatic N) is 1. The molecule has 4 heteroatoms. The number of carbonyl (C=O) groups is 1. The second-order valence-corrected chi connectivity index (χ2v) is 3.96. The lowest BCUT2D eigenvalue weighted by molar-refractivity contribution is 0.152. The van der Waals surface area contributed by atoms with Gasteiger partial charge in [0.05, 0.1) is 6.21 Å². The molecule has 0 unspecified atom stereocenters. The summed E-state index contributed by atoms with van der Waals surface area (Å²) in [6, 6.07) is 0. The fraction of sp³-hybridized carbons (Fsp3) is 0.800. The SMILES string of the molecule is CCCCC(C)(C)/C=N/OC(=O)NC. The molecule has 0 bridgehead atoms. The van der Waals surface area contributed by atoms with Gasteiger partial charge in [-0.25, -0.2) is 4.79 Å². The van der Waals surface area contributed by atoms with Crippen molar-refractivity contribution in [3.63, 3.8) is 0 Å². The maximum atomic E-state index is 10.7. The molecule has 4 nitrogen and oxygen atoms in total. The maximum Gasteiger partial charge on any atom is 0.433 e. The van der Waals surface area contributed by atoms with Gasteiger partial charge in [0, 0.05) is 12.5 Å². The molecule has 1 N–H and O–H groups in total. The highest BCUT2D eigenvalue weighted by molar-refractivity contribution is 5.69. The van der Waals surface area contributed by atoms with E-state index in [0.29, 0.717) is 0 Å².